The van der Waals surface area contributed by atoms with Crippen molar-refractivity contribution in [2.45, 2.75) is 0 Å². The SMILES string of the molecule is c1cc2cc3ccc4ccc5c6cccc7cc8ccc9ccc%10c(c1)c2c1c3c4c5c2c(c76)c8c9c%10c12. The van der Waals surface area contributed by atoms with Crippen molar-refractivity contribution in [2.75, 3.05) is 0 Å². The van der Waals surface area contributed by atoms with E-state index in [0.29, 0.717) is 0 Å². The van der Waals surface area contributed by atoms with Crippen LogP contribution in [-0.4, -0.2) is 0 Å². The molecule has 0 aliphatic rings. The molecule has 0 bridgehead atoms. The Balaban J connectivity index is 1.69. The lowest BCUT2D eigenvalue weighted by atomic mass is 9.75. The van der Waals surface area contributed by atoms with Gasteiger partial charge in [-0.3, -0.25) is 0 Å². The molecule has 168 valence electrons. The molecular formula is C38H16. The zero-order valence-electron chi connectivity index (χ0n) is 20.2. The summed E-state index contributed by atoms with van der Waals surface area (Å²) in [5.41, 5.74) is 0. The lowest BCUT2D eigenvalue weighted by Gasteiger charge is -2.27. The summed E-state index contributed by atoms with van der Waals surface area (Å²) in [6, 6.07) is 37.6. The third-order valence-electron chi connectivity index (χ3n) is 10.1. The zero-order valence-corrected chi connectivity index (χ0v) is 20.2. The van der Waals surface area contributed by atoms with E-state index in [9.17, 15) is 0 Å². The molecule has 0 saturated heterocycles. The van der Waals surface area contributed by atoms with Crippen molar-refractivity contribution in [2.24, 2.45) is 0 Å². The molecule has 0 saturated carbocycles. The predicted molar refractivity (Wildman–Crippen MR) is 166 cm³/mol. The van der Waals surface area contributed by atoms with Gasteiger partial charge >= 0.3 is 0 Å². The molecule has 0 heteroatoms. The molecule has 0 spiro atoms. The Morgan fingerprint density at radius 3 is 1.05 bits per heavy atom. The Morgan fingerprint density at radius 1 is 0.211 bits per heavy atom. The Hall–Kier alpha value is -4.94. The van der Waals surface area contributed by atoms with Crippen molar-refractivity contribution < 1.29 is 0 Å². The van der Waals surface area contributed by atoms with Crippen LogP contribution < -0.4 is 0 Å². The summed E-state index contributed by atoms with van der Waals surface area (Å²) in [4.78, 5) is 0. The maximum atomic E-state index is 2.43. The van der Waals surface area contributed by atoms with Crippen LogP contribution in [0, 0.1) is 0 Å². The summed E-state index contributed by atoms with van der Waals surface area (Å²) in [6.07, 6.45) is 0. The van der Waals surface area contributed by atoms with E-state index < -0.39 is 0 Å². The highest BCUT2D eigenvalue weighted by atomic mass is 14.3. The van der Waals surface area contributed by atoms with Crippen molar-refractivity contribution in [3.05, 3.63) is 97.1 Å². The maximum absolute atomic E-state index is 2.43. The topological polar surface area (TPSA) is 0 Å². The largest absolute Gasteiger partial charge is 0.0610 e. The molecular weight excluding hydrogens is 456 g/mol. The van der Waals surface area contributed by atoms with Crippen molar-refractivity contribution in [1.82, 2.24) is 0 Å². The van der Waals surface area contributed by atoms with Gasteiger partial charge < -0.3 is 0 Å². The minimum Gasteiger partial charge on any atom is -0.0610 e. The van der Waals surface area contributed by atoms with Crippen molar-refractivity contribution in [1.29, 1.82) is 0 Å². The second-order valence-corrected chi connectivity index (χ2v) is 11.6. The fraction of sp³-hybridized carbons (Fsp3) is 0. The normalized spacial score (nSPS) is 13.8. The Bertz CT molecular complexity index is 2720. The molecule has 0 heterocycles. The molecule has 0 radical (unpaired) electrons. The second-order valence-electron chi connectivity index (χ2n) is 11.6. The number of fused-ring (bicyclic) bond motifs is 2. The highest BCUT2D eigenvalue weighted by Gasteiger charge is 2.28. The summed E-state index contributed by atoms with van der Waals surface area (Å²) >= 11 is 0. The molecule has 0 aliphatic carbocycles. The van der Waals surface area contributed by atoms with Gasteiger partial charge in [0.1, 0.15) is 0 Å². The third-order valence-corrected chi connectivity index (χ3v) is 10.1. The van der Waals surface area contributed by atoms with Gasteiger partial charge in [-0.25, -0.2) is 0 Å². The van der Waals surface area contributed by atoms with Crippen molar-refractivity contribution in [3.8, 4) is 0 Å². The molecule has 12 rings (SSSR count). The number of benzene rings is 12. The Morgan fingerprint density at radius 2 is 0.553 bits per heavy atom. The van der Waals surface area contributed by atoms with E-state index in [1.807, 2.05) is 0 Å². The summed E-state index contributed by atoms with van der Waals surface area (Å²) in [7, 11) is 0. The van der Waals surface area contributed by atoms with Gasteiger partial charge in [-0.1, -0.05) is 84.9 Å². The van der Waals surface area contributed by atoms with Gasteiger partial charge in [0.25, 0.3) is 0 Å². The van der Waals surface area contributed by atoms with Gasteiger partial charge in [0.05, 0.1) is 0 Å². The standard InChI is InChI=1S/C38H16/c1-3-19-15-21-9-7-18-12-14-26-24-6-2-4-20-16-22-10-8-17-11-13-25-23(5-1)27(19)35-31(21)30(18)34(26)38-36(28(20)24)32(22)29(17)33(25)37(35)38/h1-16H. The van der Waals surface area contributed by atoms with Gasteiger partial charge in [-0.2, -0.15) is 0 Å². The lowest BCUT2D eigenvalue weighted by molar-refractivity contribution is 1.81. The molecule has 0 amide bonds. The fourth-order valence-electron chi connectivity index (χ4n) is 8.84. The van der Waals surface area contributed by atoms with Crippen LogP contribution in [0.1, 0.15) is 0 Å². The molecule has 38 heavy (non-hydrogen) atoms. The number of rotatable bonds is 0. The number of hydrogen-bond acceptors (Lipinski definition) is 0. The summed E-state index contributed by atoms with van der Waals surface area (Å²) < 4.78 is 0. The zero-order chi connectivity index (χ0) is 24.0. The first-order valence-corrected chi connectivity index (χ1v) is 13.5. The molecule has 0 aliphatic heterocycles. The quantitative estimate of drug-likeness (QED) is 0.152. The van der Waals surface area contributed by atoms with E-state index in [-0.39, 0.29) is 0 Å². The average molecular weight is 473 g/mol. The average Bonchev–Trinajstić information content (AvgIpc) is 2.97. The van der Waals surface area contributed by atoms with Crippen molar-refractivity contribution >= 4 is 118 Å². The smallest absolute Gasteiger partial charge is 0.0000260 e. The van der Waals surface area contributed by atoms with Crippen LogP contribution in [0.2, 0.25) is 0 Å². The molecule has 0 unspecified atom stereocenters. The third kappa shape index (κ3) is 1.54. The van der Waals surface area contributed by atoms with Crippen LogP contribution in [0.25, 0.3) is 118 Å². The Kier molecular flexibility index (Phi) is 2.40. The molecule has 12 aromatic carbocycles. The monoisotopic (exact) mass is 472 g/mol. The van der Waals surface area contributed by atoms with E-state index in [1.54, 1.807) is 0 Å². The summed E-state index contributed by atoms with van der Waals surface area (Å²) in [6.45, 7) is 0. The van der Waals surface area contributed by atoms with Gasteiger partial charge in [0.15, 0.2) is 0 Å². The summed E-state index contributed by atoms with van der Waals surface area (Å²) in [5.74, 6) is 0. The van der Waals surface area contributed by atoms with Crippen LogP contribution in [0.4, 0.5) is 0 Å². The van der Waals surface area contributed by atoms with Gasteiger partial charge in [-0.05, 0) is 131 Å². The van der Waals surface area contributed by atoms with E-state index >= 15 is 0 Å². The Labute approximate surface area is 215 Å². The lowest BCUT2D eigenvalue weighted by Crippen LogP contribution is -1.98. The van der Waals surface area contributed by atoms with Gasteiger partial charge in [0.2, 0.25) is 0 Å². The van der Waals surface area contributed by atoms with Crippen LogP contribution in [0.5, 0.6) is 0 Å². The first-order chi connectivity index (χ1) is 18.9. The minimum absolute atomic E-state index is 1.35. The maximum Gasteiger partial charge on any atom is -0.0000260 e. The second kappa shape index (κ2) is 5.21. The van der Waals surface area contributed by atoms with Crippen molar-refractivity contribution in [3.63, 3.8) is 0 Å². The first kappa shape index (κ1) is 17.5. The van der Waals surface area contributed by atoms with Crippen LogP contribution in [0.3, 0.4) is 0 Å². The van der Waals surface area contributed by atoms with Crippen LogP contribution in [-0.2, 0) is 0 Å². The minimum atomic E-state index is 1.35. The van der Waals surface area contributed by atoms with Crippen LogP contribution in [0.15, 0.2) is 97.1 Å². The van der Waals surface area contributed by atoms with Gasteiger partial charge in [0, 0.05) is 0 Å². The van der Waals surface area contributed by atoms with Gasteiger partial charge in [-0.15, -0.1) is 0 Å². The van der Waals surface area contributed by atoms with E-state index in [0.717, 1.165) is 0 Å². The summed E-state index contributed by atoms with van der Waals surface area (Å²) in [5, 5.41) is 31.1. The molecule has 0 fully saturated rings. The van der Waals surface area contributed by atoms with E-state index in [4.69, 9.17) is 0 Å². The highest BCUT2D eigenvalue weighted by Crippen LogP contribution is 2.57. The highest BCUT2D eigenvalue weighted by molar-refractivity contribution is 6.58. The predicted octanol–water partition coefficient (Wildman–Crippen LogP) is 11.0. The van der Waals surface area contributed by atoms with E-state index in [1.165, 1.54) is 118 Å². The number of hydrogen-bond donors (Lipinski definition) is 0. The molecule has 12 aromatic rings. The van der Waals surface area contributed by atoms with Crippen LogP contribution >= 0.6 is 0 Å². The molecule has 0 aromatic heterocycles. The fourth-order valence-corrected chi connectivity index (χ4v) is 8.84. The molecule has 0 atom stereocenters. The molecule has 0 nitrogen and oxygen atoms in total. The first-order valence-electron chi connectivity index (χ1n) is 13.5. The molecule has 0 N–H and O–H groups in total. The van der Waals surface area contributed by atoms with E-state index in [2.05, 4.69) is 97.1 Å².